The quantitative estimate of drug-likeness (QED) is 0.319. The Hall–Kier alpha value is -3.02. The molecule has 0 saturated heterocycles. The molecule has 0 spiro atoms. The molecule has 3 aromatic carbocycles. The van der Waals surface area contributed by atoms with Crippen molar-refractivity contribution in [3.63, 3.8) is 0 Å². The van der Waals surface area contributed by atoms with Crippen LogP contribution in [-0.4, -0.2) is 14.9 Å². The lowest BCUT2D eigenvalue weighted by molar-refractivity contribution is 0.884. The highest BCUT2D eigenvalue weighted by atomic mass is 35.5. The first-order valence-corrected chi connectivity index (χ1v) is 9.96. The zero-order chi connectivity index (χ0) is 19.3. The SMILES string of the molecule is Cl.N=C(N)SCc1cn(-c2ccccc2)nc1-c1ccc(-c2ccccc2)cc1. The number of aromatic nitrogens is 2. The van der Waals surface area contributed by atoms with Crippen molar-refractivity contribution in [2.75, 3.05) is 0 Å². The standard InChI is InChI=1S/C23H20N4S.ClH/c24-23(25)28-16-20-15-27(21-9-5-2-6-10-21)26-22(20)19-13-11-18(12-14-19)17-7-3-1-4-8-17;/h1-15H,16H2,(H3,24,25);1H. The first-order chi connectivity index (χ1) is 13.7. The fraction of sp³-hybridized carbons (Fsp3) is 0.0435. The van der Waals surface area contributed by atoms with Crippen LogP contribution >= 0.6 is 24.2 Å². The van der Waals surface area contributed by atoms with Crippen LogP contribution in [0.5, 0.6) is 0 Å². The van der Waals surface area contributed by atoms with Gasteiger partial charge in [-0.15, -0.1) is 12.4 Å². The molecular formula is C23H21ClN4S. The van der Waals surface area contributed by atoms with Crippen LogP contribution in [-0.2, 0) is 5.75 Å². The summed E-state index contributed by atoms with van der Waals surface area (Å²) in [6.45, 7) is 0. The molecule has 0 aliphatic carbocycles. The van der Waals surface area contributed by atoms with Gasteiger partial charge in [0.2, 0.25) is 0 Å². The van der Waals surface area contributed by atoms with Gasteiger partial charge in [0.25, 0.3) is 0 Å². The van der Waals surface area contributed by atoms with E-state index in [1.807, 2.05) is 59.4 Å². The summed E-state index contributed by atoms with van der Waals surface area (Å²) in [4.78, 5) is 0. The van der Waals surface area contributed by atoms with Crippen molar-refractivity contribution >= 4 is 29.3 Å². The Morgan fingerprint density at radius 2 is 1.38 bits per heavy atom. The lowest BCUT2D eigenvalue weighted by Gasteiger charge is -2.05. The molecular weight excluding hydrogens is 400 g/mol. The maximum Gasteiger partial charge on any atom is 0.151 e. The highest BCUT2D eigenvalue weighted by Gasteiger charge is 2.13. The minimum atomic E-state index is 0. The number of halogens is 1. The first-order valence-electron chi connectivity index (χ1n) is 8.97. The van der Waals surface area contributed by atoms with Gasteiger partial charge in [0.05, 0.1) is 11.4 Å². The number of hydrogen-bond donors (Lipinski definition) is 2. The molecule has 0 saturated carbocycles. The van der Waals surface area contributed by atoms with E-state index in [4.69, 9.17) is 16.2 Å². The summed E-state index contributed by atoms with van der Waals surface area (Å²) in [6.07, 6.45) is 2.02. The molecule has 4 rings (SSSR count). The van der Waals surface area contributed by atoms with Crippen LogP contribution in [0.1, 0.15) is 5.56 Å². The van der Waals surface area contributed by atoms with Gasteiger partial charge in [-0.25, -0.2) is 4.68 Å². The number of amidine groups is 1. The summed E-state index contributed by atoms with van der Waals surface area (Å²) >= 11 is 1.31. The van der Waals surface area contributed by atoms with Gasteiger partial charge >= 0.3 is 0 Å². The van der Waals surface area contributed by atoms with E-state index >= 15 is 0 Å². The normalized spacial score (nSPS) is 10.3. The number of nitrogens with one attached hydrogen (secondary N) is 1. The highest BCUT2D eigenvalue weighted by Crippen LogP contribution is 2.29. The Bertz CT molecular complexity index is 1080. The van der Waals surface area contributed by atoms with E-state index in [-0.39, 0.29) is 17.6 Å². The zero-order valence-corrected chi connectivity index (χ0v) is 17.3. The third-order valence-electron chi connectivity index (χ3n) is 4.46. The van der Waals surface area contributed by atoms with E-state index in [2.05, 4.69) is 36.4 Å². The fourth-order valence-electron chi connectivity index (χ4n) is 3.08. The van der Waals surface area contributed by atoms with Crippen LogP contribution in [0.25, 0.3) is 28.1 Å². The second-order valence-electron chi connectivity index (χ2n) is 6.38. The summed E-state index contributed by atoms with van der Waals surface area (Å²) in [5.41, 5.74) is 11.9. The number of nitrogens with two attached hydrogens (primary N) is 1. The number of nitrogens with zero attached hydrogens (tertiary/aromatic N) is 2. The third kappa shape index (κ3) is 4.88. The van der Waals surface area contributed by atoms with Crippen molar-refractivity contribution in [1.29, 1.82) is 5.41 Å². The molecule has 29 heavy (non-hydrogen) atoms. The average Bonchev–Trinajstić information content (AvgIpc) is 3.18. The van der Waals surface area contributed by atoms with Crippen LogP contribution in [0, 0.1) is 5.41 Å². The van der Waals surface area contributed by atoms with E-state index in [0.29, 0.717) is 5.75 Å². The minimum Gasteiger partial charge on any atom is -0.379 e. The van der Waals surface area contributed by atoms with Crippen molar-refractivity contribution in [2.24, 2.45) is 5.73 Å². The molecule has 4 aromatic rings. The zero-order valence-electron chi connectivity index (χ0n) is 15.7. The van der Waals surface area contributed by atoms with Crippen molar-refractivity contribution in [2.45, 2.75) is 5.75 Å². The van der Waals surface area contributed by atoms with E-state index in [9.17, 15) is 0 Å². The predicted octanol–water partition coefficient (Wildman–Crippen LogP) is 5.75. The van der Waals surface area contributed by atoms with Crippen LogP contribution in [0.15, 0.2) is 91.1 Å². The van der Waals surface area contributed by atoms with Crippen LogP contribution in [0.2, 0.25) is 0 Å². The first kappa shape index (κ1) is 20.7. The molecule has 4 nitrogen and oxygen atoms in total. The van der Waals surface area contributed by atoms with Gasteiger partial charge in [0, 0.05) is 23.1 Å². The van der Waals surface area contributed by atoms with Gasteiger partial charge in [0.15, 0.2) is 5.17 Å². The molecule has 0 unspecified atom stereocenters. The van der Waals surface area contributed by atoms with Gasteiger partial charge in [0.1, 0.15) is 0 Å². The fourth-order valence-corrected chi connectivity index (χ4v) is 3.60. The number of hydrogen-bond acceptors (Lipinski definition) is 3. The maximum absolute atomic E-state index is 7.53. The van der Waals surface area contributed by atoms with Crippen molar-refractivity contribution in [3.8, 4) is 28.1 Å². The molecule has 0 radical (unpaired) electrons. The Morgan fingerprint density at radius 1 is 0.828 bits per heavy atom. The Kier molecular flexibility index (Phi) is 6.75. The Morgan fingerprint density at radius 3 is 2.00 bits per heavy atom. The number of thioether (sulfide) groups is 1. The van der Waals surface area contributed by atoms with Crippen LogP contribution in [0.4, 0.5) is 0 Å². The van der Waals surface area contributed by atoms with Gasteiger partial charge in [-0.2, -0.15) is 5.10 Å². The molecule has 146 valence electrons. The third-order valence-corrected chi connectivity index (χ3v) is 5.23. The van der Waals surface area contributed by atoms with Gasteiger partial charge in [-0.1, -0.05) is 84.6 Å². The Balaban J connectivity index is 0.00000240. The molecule has 0 amide bonds. The number of para-hydroxylation sites is 1. The van der Waals surface area contributed by atoms with E-state index in [1.54, 1.807) is 0 Å². The molecule has 0 aliphatic heterocycles. The molecule has 0 aliphatic rings. The second-order valence-corrected chi connectivity index (χ2v) is 7.40. The van der Waals surface area contributed by atoms with E-state index in [0.717, 1.165) is 22.5 Å². The summed E-state index contributed by atoms with van der Waals surface area (Å²) in [5.74, 6) is 0.609. The monoisotopic (exact) mass is 420 g/mol. The molecule has 1 heterocycles. The molecule has 0 atom stereocenters. The lowest BCUT2D eigenvalue weighted by atomic mass is 10.0. The van der Waals surface area contributed by atoms with Crippen molar-refractivity contribution < 1.29 is 0 Å². The van der Waals surface area contributed by atoms with E-state index in [1.165, 1.54) is 22.9 Å². The summed E-state index contributed by atoms with van der Waals surface area (Å²) in [6, 6.07) is 28.8. The summed E-state index contributed by atoms with van der Waals surface area (Å²) in [5, 5.41) is 12.5. The summed E-state index contributed by atoms with van der Waals surface area (Å²) < 4.78 is 1.89. The number of benzene rings is 3. The second kappa shape index (κ2) is 9.45. The highest BCUT2D eigenvalue weighted by molar-refractivity contribution is 8.13. The molecule has 6 heteroatoms. The van der Waals surface area contributed by atoms with Gasteiger partial charge in [-0.3, -0.25) is 5.41 Å². The lowest BCUT2D eigenvalue weighted by Crippen LogP contribution is -2.03. The predicted molar refractivity (Wildman–Crippen MR) is 125 cm³/mol. The number of rotatable bonds is 5. The summed E-state index contributed by atoms with van der Waals surface area (Å²) in [7, 11) is 0. The van der Waals surface area contributed by atoms with Gasteiger partial charge in [-0.05, 0) is 23.3 Å². The topological polar surface area (TPSA) is 67.7 Å². The van der Waals surface area contributed by atoms with Crippen LogP contribution in [0.3, 0.4) is 0 Å². The molecule has 3 N–H and O–H groups in total. The van der Waals surface area contributed by atoms with Crippen molar-refractivity contribution in [1.82, 2.24) is 9.78 Å². The largest absolute Gasteiger partial charge is 0.379 e. The van der Waals surface area contributed by atoms with Crippen molar-refractivity contribution in [3.05, 3.63) is 96.7 Å². The Labute approximate surface area is 180 Å². The maximum atomic E-state index is 7.53. The van der Waals surface area contributed by atoms with Gasteiger partial charge < -0.3 is 5.73 Å². The van der Waals surface area contributed by atoms with Crippen LogP contribution < -0.4 is 5.73 Å². The minimum absolute atomic E-state index is 0. The van der Waals surface area contributed by atoms with E-state index < -0.39 is 0 Å². The molecule has 0 bridgehead atoms. The smallest absolute Gasteiger partial charge is 0.151 e. The average molecular weight is 421 g/mol. The molecule has 1 aromatic heterocycles. The molecule has 0 fully saturated rings.